The highest BCUT2D eigenvalue weighted by molar-refractivity contribution is 6.00. The van der Waals surface area contributed by atoms with Crippen molar-refractivity contribution in [3.63, 3.8) is 0 Å². The summed E-state index contributed by atoms with van der Waals surface area (Å²) in [4.78, 5) is 211. The van der Waals surface area contributed by atoms with E-state index in [9.17, 15) is 72.2 Å². The van der Waals surface area contributed by atoms with Crippen LogP contribution in [0.2, 0.25) is 0 Å². The average Bonchev–Trinajstić information content (AvgIpc) is 1.65. The predicted octanol–water partition coefficient (Wildman–Crippen LogP) is -1.09. The Hall–Kier alpha value is -8.60. The largest absolute Gasteiger partial charge is 0.481 e. The maximum absolute atomic E-state index is 14.3. The minimum absolute atomic E-state index is 0.00436. The first-order valence-corrected chi connectivity index (χ1v) is 36.8. The van der Waals surface area contributed by atoms with Crippen molar-refractivity contribution in [2.24, 2.45) is 70.3 Å². The summed E-state index contributed by atoms with van der Waals surface area (Å²) < 4.78 is 0. The second-order valence-corrected chi connectivity index (χ2v) is 30.0. The summed E-state index contributed by atoms with van der Waals surface area (Å²) in [6.45, 7) is 29.7. The van der Waals surface area contributed by atoms with Crippen LogP contribution in [0.3, 0.4) is 0 Å². The van der Waals surface area contributed by atoms with Crippen molar-refractivity contribution in [1.29, 1.82) is 0 Å². The van der Waals surface area contributed by atoms with E-state index in [4.69, 9.17) is 42.7 Å². The third-order valence-electron chi connectivity index (χ3n) is 16.5. The SMILES string of the molecule is CC(=O)O.CC(=O)O.CC[C@H](C)[C@H](NC(=O)[C@@H]1CCCN1C(=O)[C@H](CC(C)C)NC(=O)[C@@H](N)CC(C)C)C(=O)N[C@H](C(=O)NCC(=O)N[C@@H](CC(N)=O)C(=O)N[C@@H](CC(C)C)C(=O)N[C@@H](CC(C)C)C(=O)N[C@@H](CCCCN)C(=O)N[C@@H](CO)C(=O)N[C@@H](CC(C)C)C(=O)N[C@@H](CC(C)C)C(N)=O)C(C)C. The summed E-state index contributed by atoms with van der Waals surface area (Å²) in [6, 6.07) is -14.9. The number of aliphatic hydroxyl groups excluding tert-OH is 1. The number of primary amides is 2. The molecule has 35 heteroatoms. The number of hydrogen-bond donors (Lipinski definition) is 18. The number of rotatable bonds is 46. The summed E-state index contributed by atoms with van der Waals surface area (Å²) >= 11 is 0. The minimum Gasteiger partial charge on any atom is -0.481 e. The van der Waals surface area contributed by atoms with E-state index in [2.05, 4.69) is 58.5 Å². The van der Waals surface area contributed by atoms with Crippen molar-refractivity contribution < 1.29 is 92.0 Å². The fraction of sp³-hybridized carbons (Fsp3) is 0.775. The van der Waals surface area contributed by atoms with Crippen molar-refractivity contribution in [2.75, 3.05) is 26.2 Å². The molecule has 0 aromatic carbocycles. The quantitative estimate of drug-likeness (QED) is 0.0322. The fourth-order valence-electron chi connectivity index (χ4n) is 11.2. The Morgan fingerprint density at radius 2 is 0.840 bits per heavy atom. The van der Waals surface area contributed by atoms with Crippen LogP contribution in [0, 0.1) is 47.3 Å². The lowest BCUT2D eigenvalue weighted by Crippen LogP contribution is -2.61. The van der Waals surface area contributed by atoms with Gasteiger partial charge in [-0.15, -0.1) is 0 Å². The second kappa shape index (κ2) is 51.6. The molecule has 0 bridgehead atoms. The number of carbonyl (C=O) groups excluding carboxylic acids is 14. The monoisotopic (exact) mass is 1510 g/mol. The molecule has 1 saturated heterocycles. The molecule has 14 amide bonds. The van der Waals surface area contributed by atoms with E-state index in [1.54, 1.807) is 69.2 Å². The van der Waals surface area contributed by atoms with E-state index in [0.29, 0.717) is 38.5 Å². The number of amides is 14. The molecule has 0 unspecified atom stereocenters. The van der Waals surface area contributed by atoms with Gasteiger partial charge in [-0.2, -0.15) is 0 Å². The summed E-state index contributed by atoms with van der Waals surface area (Å²) in [7, 11) is 0. The van der Waals surface area contributed by atoms with Crippen LogP contribution in [0.4, 0.5) is 0 Å². The number of carboxylic acid groups (broad SMARTS) is 2. The molecule has 13 atom stereocenters. The first-order valence-electron chi connectivity index (χ1n) is 36.8. The average molecular weight is 1510 g/mol. The maximum Gasteiger partial charge on any atom is 0.300 e. The molecule has 0 aromatic rings. The Morgan fingerprint density at radius 1 is 0.453 bits per heavy atom. The Bertz CT molecular complexity index is 2860. The molecule has 0 spiro atoms. The molecule has 106 heavy (non-hydrogen) atoms. The van der Waals surface area contributed by atoms with Gasteiger partial charge in [0.15, 0.2) is 0 Å². The molecule has 0 saturated carbocycles. The Morgan fingerprint density at radius 3 is 1.25 bits per heavy atom. The molecule has 22 N–H and O–H groups in total. The number of nitrogens with two attached hydrogens (primary N) is 4. The van der Waals surface area contributed by atoms with E-state index in [1.807, 2.05) is 41.5 Å². The third kappa shape index (κ3) is 41.3. The molecular formula is C71H130N16O19. The normalized spacial score (nSPS) is 16.0. The zero-order valence-electron chi connectivity index (χ0n) is 65.7. The van der Waals surface area contributed by atoms with Crippen LogP contribution < -0.4 is 81.4 Å². The molecule has 1 heterocycles. The second-order valence-electron chi connectivity index (χ2n) is 30.0. The topological polar surface area (TPSA) is 573 Å². The number of carbonyl (C=O) groups is 16. The van der Waals surface area contributed by atoms with Crippen LogP contribution >= 0.6 is 0 Å². The van der Waals surface area contributed by atoms with Crippen molar-refractivity contribution in [3.05, 3.63) is 0 Å². The van der Waals surface area contributed by atoms with Gasteiger partial charge in [0, 0.05) is 20.4 Å². The van der Waals surface area contributed by atoms with E-state index in [1.165, 1.54) is 4.90 Å². The van der Waals surface area contributed by atoms with Crippen molar-refractivity contribution in [3.8, 4) is 0 Å². The lowest BCUT2D eigenvalue weighted by molar-refractivity contribution is -0.143. The van der Waals surface area contributed by atoms with Crippen molar-refractivity contribution >= 4 is 94.6 Å². The zero-order chi connectivity index (χ0) is 82.2. The van der Waals surface area contributed by atoms with Gasteiger partial charge in [-0.25, -0.2) is 0 Å². The lowest BCUT2D eigenvalue weighted by Gasteiger charge is -2.32. The van der Waals surface area contributed by atoms with Gasteiger partial charge in [-0.1, -0.05) is 117 Å². The highest BCUT2D eigenvalue weighted by Gasteiger charge is 2.42. The van der Waals surface area contributed by atoms with Gasteiger partial charge in [0.1, 0.15) is 66.5 Å². The van der Waals surface area contributed by atoms with Crippen LogP contribution in [0.15, 0.2) is 0 Å². The standard InChI is InChI=1S/C67H122N16O15.2C2H4O2/c1-17-41(16)55(82-64(95)51-22-20-24-83(51)67(98)49(30-39(12)13)79-57(88)42(69)25-34(2)3)66(97)81-54(40(14)15)65(96)72-32-53(86)73-48(31-52(70)85)62(93)77-47(29-38(10)11)61(92)76-45(27-36(6)7)59(90)74-43(21-18-19-23-68)58(89)80-50(33-84)63(94)78-46(28-37(8)9)60(91)75-44(56(71)87)26-35(4)5;2*1-2(3)4/h34-51,54-55,84H,17-33,68-69H2,1-16H3,(H2,70,85)(H2,71,87)(H,72,96)(H,73,86)(H,74,90)(H,75,91)(H,76,92)(H,77,93)(H,78,94)(H,79,88)(H,80,89)(H,81,97)(H,82,95);2*1H3,(H,3,4)/t41-,42-,43-,44-,45-,46-,47-,48-,49-,50-,51-,54-,55-;;/m0../s1. The molecule has 1 aliphatic rings. The smallest absolute Gasteiger partial charge is 0.300 e. The molecule has 0 aliphatic carbocycles. The molecule has 35 nitrogen and oxygen atoms in total. The summed E-state index contributed by atoms with van der Waals surface area (Å²) in [5, 5.41) is 53.9. The molecule has 1 aliphatic heterocycles. The third-order valence-corrected chi connectivity index (χ3v) is 16.5. The van der Waals surface area contributed by atoms with Crippen LogP contribution in [-0.2, 0) is 76.7 Å². The van der Waals surface area contributed by atoms with Crippen LogP contribution in [0.25, 0.3) is 0 Å². The predicted molar refractivity (Wildman–Crippen MR) is 396 cm³/mol. The van der Waals surface area contributed by atoms with E-state index in [-0.39, 0.29) is 87.1 Å². The number of carboxylic acids is 2. The Balaban J connectivity index is 0. The van der Waals surface area contributed by atoms with Gasteiger partial charge in [0.25, 0.3) is 11.9 Å². The van der Waals surface area contributed by atoms with Gasteiger partial charge in [-0.05, 0) is 125 Å². The molecule has 608 valence electrons. The van der Waals surface area contributed by atoms with Gasteiger partial charge < -0.3 is 102 Å². The lowest BCUT2D eigenvalue weighted by atomic mass is 9.96. The highest BCUT2D eigenvalue weighted by atomic mass is 16.4. The van der Waals surface area contributed by atoms with Gasteiger partial charge >= 0.3 is 0 Å². The Labute approximate surface area is 624 Å². The zero-order valence-corrected chi connectivity index (χ0v) is 65.7. The number of aliphatic hydroxyl groups is 1. The number of aliphatic carboxylic acids is 2. The summed E-state index contributed by atoms with van der Waals surface area (Å²) in [5.41, 5.74) is 23.0. The maximum atomic E-state index is 14.3. The number of nitrogens with zero attached hydrogens (tertiary/aromatic N) is 1. The molecule has 0 aromatic heterocycles. The summed E-state index contributed by atoms with van der Waals surface area (Å²) in [6.07, 6.45) is 2.14. The minimum atomic E-state index is -1.70. The van der Waals surface area contributed by atoms with Gasteiger partial charge in [0.2, 0.25) is 82.7 Å². The highest BCUT2D eigenvalue weighted by Crippen LogP contribution is 2.23. The van der Waals surface area contributed by atoms with Crippen LogP contribution in [0.1, 0.15) is 208 Å². The fourth-order valence-corrected chi connectivity index (χ4v) is 11.2. The molecule has 1 rings (SSSR count). The van der Waals surface area contributed by atoms with Gasteiger partial charge in [-0.3, -0.25) is 76.7 Å². The first kappa shape index (κ1) is 99.5. The number of nitrogens with one attached hydrogen (secondary N) is 11. The van der Waals surface area contributed by atoms with E-state index < -0.39 is 199 Å². The van der Waals surface area contributed by atoms with E-state index >= 15 is 0 Å². The van der Waals surface area contributed by atoms with Crippen molar-refractivity contribution in [2.45, 2.75) is 281 Å². The first-order chi connectivity index (χ1) is 49.1. The van der Waals surface area contributed by atoms with E-state index in [0.717, 1.165) is 13.8 Å². The van der Waals surface area contributed by atoms with Crippen LogP contribution in [-0.4, -0.2) is 214 Å². The number of likely N-dealkylation sites (tertiary alicyclic amines) is 1. The number of hydrogen-bond acceptors (Lipinski definition) is 19. The summed E-state index contributed by atoms with van der Waals surface area (Å²) in [5.74, 6) is -14.4. The molecular weight excluding hydrogens is 1380 g/mol. The number of unbranched alkanes of at least 4 members (excludes halogenated alkanes) is 1. The van der Waals surface area contributed by atoms with Gasteiger partial charge in [0.05, 0.1) is 25.6 Å². The molecule has 0 radical (unpaired) electrons. The van der Waals surface area contributed by atoms with Crippen LogP contribution in [0.5, 0.6) is 0 Å². The van der Waals surface area contributed by atoms with Crippen molar-refractivity contribution in [1.82, 2.24) is 63.4 Å². The Kier molecular flexibility index (Phi) is 48.4. The molecule has 1 fully saturated rings.